The van der Waals surface area contributed by atoms with Crippen LogP contribution in [0.15, 0.2) is 0 Å². The lowest BCUT2D eigenvalue weighted by atomic mass is 10.0. The lowest BCUT2D eigenvalue weighted by molar-refractivity contribution is -0.146. The molecule has 1 rings (SSSR count). The van der Waals surface area contributed by atoms with Crippen molar-refractivity contribution in [3.63, 3.8) is 0 Å². The van der Waals surface area contributed by atoms with Crippen LogP contribution in [-0.4, -0.2) is 42.4 Å². The number of hydrogen-bond acceptors (Lipinski definition) is 4. The lowest BCUT2D eigenvalue weighted by Gasteiger charge is -2.24. The van der Waals surface area contributed by atoms with Gasteiger partial charge in [-0.1, -0.05) is 0 Å². The first-order valence-electron chi connectivity index (χ1n) is 4.90. The minimum atomic E-state index is -3.11. The van der Waals surface area contributed by atoms with Crippen molar-refractivity contribution in [2.24, 2.45) is 5.92 Å². The second-order valence-corrected chi connectivity index (χ2v) is 6.64. The van der Waals surface area contributed by atoms with Gasteiger partial charge in [-0.15, -0.1) is 0 Å². The van der Waals surface area contributed by atoms with E-state index < -0.39 is 33.2 Å². The molecule has 2 unspecified atom stereocenters. The number of hydrogen-bond donors (Lipinski definition) is 2. The molecule has 1 saturated heterocycles. The van der Waals surface area contributed by atoms with Crippen LogP contribution in [0, 0.1) is 5.92 Å². The van der Waals surface area contributed by atoms with Gasteiger partial charge in [0.2, 0.25) is 5.91 Å². The van der Waals surface area contributed by atoms with Crippen LogP contribution in [-0.2, 0) is 19.4 Å². The van der Waals surface area contributed by atoms with Crippen LogP contribution in [0.1, 0.15) is 20.3 Å². The summed E-state index contributed by atoms with van der Waals surface area (Å²) in [6.07, 6.45) is 0.327. The van der Waals surface area contributed by atoms with Gasteiger partial charge in [0.25, 0.3) is 0 Å². The van der Waals surface area contributed by atoms with Crippen LogP contribution < -0.4 is 5.32 Å². The smallest absolute Gasteiger partial charge is 0.315 e. The third kappa shape index (κ3) is 2.94. The zero-order chi connectivity index (χ0) is 12.6. The Balaban J connectivity index is 2.69. The fourth-order valence-electron chi connectivity index (χ4n) is 1.63. The maximum atomic E-state index is 11.5. The van der Waals surface area contributed by atoms with Gasteiger partial charge in [-0.2, -0.15) is 0 Å². The highest BCUT2D eigenvalue weighted by molar-refractivity contribution is 7.91. The molecule has 0 spiro atoms. The molecule has 0 aromatic heterocycles. The van der Waals surface area contributed by atoms with E-state index >= 15 is 0 Å². The Hall–Kier alpha value is -1.11. The highest BCUT2D eigenvalue weighted by Crippen LogP contribution is 2.23. The van der Waals surface area contributed by atoms with E-state index in [-0.39, 0.29) is 11.5 Å². The molecular weight excluding hydrogens is 234 g/mol. The van der Waals surface area contributed by atoms with Crippen molar-refractivity contribution in [1.29, 1.82) is 0 Å². The normalized spacial score (nSPS) is 29.6. The summed E-state index contributed by atoms with van der Waals surface area (Å²) in [6, 6.07) is 0. The minimum absolute atomic E-state index is 0.0330. The molecule has 0 aromatic carbocycles. The van der Waals surface area contributed by atoms with Crippen molar-refractivity contribution < 1.29 is 23.1 Å². The molecule has 2 atom stereocenters. The molecule has 92 valence electrons. The van der Waals surface area contributed by atoms with E-state index in [1.165, 1.54) is 6.92 Å². The van der Waals surface area contributed by atoms with Crippen LogP contribution in [0.4, 0.5) is 0 Å². The highest BCUT2D eigenvalue weighted by atomic mass is 32.2. The van der Waals surface area contributed by atoms with Gasteiger partial charge in [-0.25, -0.2) is 8.42 Å². The molecule has 16 heavy (non-hydrogen) atoms. The number of aliphatic carboxylic acids is 1. The zero-order valence-electron chi connectivity index (χ0n) is 9.19. The van der Waals surface area contributed by atoms with E-state index in [2.05, 4.69) is 5.32 Å². The summed E-state index contributed by atoms with van der Waals surface area (Å²) in [5.74, 6) is -3.13. The summed E-state index contributed by atoms with van der Waals surface area (Å²) in [5.41, 5.74) is -0.834. The van der Waals surface area contributed by atoms with Gasteiger partial charge in [0, 0.05) is 0 Å². The van der Waals surface area contributed by atoms with Crippen molar-refractivity contribution in [2.75, 3.05) is 11.5 Å². The number of carboxylic acid groups (broad SMARTS) is 1. The van der Waals surface area contributed by atoms with Crippen LogP contribution in [0.3, 0.4) is 0 Å². The van der Waals surface area contributed by atoms with Crippen molar-refractivity contribution in [3.8, 4) is 0 Å². The standard InChI is InChI=1S/C9H15NO5S/c1-6(8(12)13)7(11)10-9(2)3-4-16(14,15)5-9/h6H,3-5H2,1-2H3,(H,10,11)(H,12,13). The summed E-state index contributed by atoms with van der Waals surface area (Å²) in [7, 11) is -3.11. The first kappa shape index (κ1) is 13.0. The average Bonchev–Trinajstić information content (AvgIpc) is 2.38. The van der Waals surface area contributed by atoms with E-state index in [1.54, 1.807) is 6.92 Å². The summed E-state index contributed by atoms with van der Waals surface area (Å²) in [6.45, 7) is 2.88. The Bertz CT molecular complexity index is 416. The Morgan fingerprint density at radius 3 is 2.38 bits per heavy atom. The fourth-order valence-corrected chi connectivity index (χ4v) is 3.72. The van der Waals surface area contributed by atoms with E-state index in [4.69, 9.17) is 5.11 Å². The van der Waals surface area contributed by atoms with E-state index in [0.717, 1.165) is 0 Å². The number of carboxylic acids is 1. The highest BCUT2D eigenvalue weighted by Gasteiger charge is 2.40. The number of amides is 1. The molecule has 7 heteroatoms. The SMILES string of the molecule is CC(C(=O)O)C(=O)NC1(C)CCS(=O)(=O)C1. The van der Waals surface area contributed by atoms with Gasteiger partial charge < -0.3 is 10.4 Å². The Labute approximate surface area is 93.9 Å². The predicted molar refractivity (Wildman–Crippen MR) is 56.6 cm³/mol. The van der Waals surface area contributed by atoms with Gasteiger partial charge in [0.1, 0.15) is 5.92 Å². The Morgan fingerprint density at radius 1 is 1.44 bits per heavy atom. The summed E-state index contributed by atoms with van der Waals surface area (Å²) in [4.78, 5) is 22.0. The number of rotatable bonds is 3. The van der Waals surface area contributed by atoms with Crippen LogP contribution >= 0.6 is 0 Å². The topological polar surface area (TPSA) is 101 Å². The van der Waals surface area contributed by atoms with Crippen LogP contribution in [0.25, 0.3) is 0 Å². The first-order chi connectivity index (χ1) is 7.15. The molecule has 1 aliphatic heterocycles. The molecule has 1 fully saturated rings. The zero-order valence-corrected chi connectivity index (χ0v) is 10.0. The molecule has 2 N–H and O–H groups in total. The number of sulfone groups is 1. The van der Waals surface area contributed by atoms with Crippen molar-refractivity contribution in [1.82, 2.24) is 5.32 Å². The van der Waals surface area contributed by atoms with Crippen LogP contribution in [0.5, 0.6) is 0 Å². The molecule has 0 aromatic rings. The number of nitrogens with one attached hydrogen (secondary N) is 1. The van der Waals surface area contributed by atoms with Gasteiger partial charge in [0.15, 0.2) is 9.84 Å². The molecule has 1 heterocycles. The molecular formula is C9H15NO5S. The predicted octanol–water partition coefficient (Wildman–Crippen LogP) is -0.599. The van der Waals surface area contributed by atoms with E-state index in [9.17, 15) is 18.0 Å². The minimum Gasteiger partial charge on any atom is -0.481 e. The second-order valence-electron chi connectivity index (χ2n) is 4.45. The number of carbonyl (C=O) groups excluding carboxylic acids is 1. The van der Waals surface area contributed by atoms with Gasteiger partial charge in [-0.3, -0.25) is 9.59 Å². The third-order valence-corrected chi connectivity index (χ3v) is 4.60. The third-order valence-electron chi connectivity index (χ3n) is 2.69. The average molecular weight is 249 g/mol. The summed E-state index contributed by atoms with van der Waals surface area (Å²) in [5, 5.41) is 11.1. The summed E-state index contributed by atoms with van der Waals surface area (Å²) < 4.78 is 22.5. The molecule has 0 aliphatic carbocycles. The molecule has 0 radical (unpaired) electrons. The van der Waals surface area contributed by atoms with Gasteiger partial charge in [0.05, 0.1) is 17.0 Å². The van der Waals surface area contributed by atoms with Gasteiger partial charge in [-0.05, 0) is 20.3 Å². The second kappa shape index (κ2) is 4.04. The van der Waals surface area contributed by atoms with Crippen molar-refractivity contribution in [3.05, 3.63) is 0 Å². The lowest BCUT2D eigenvalue weighted by Crippen LogP contribution is -2.49. The molecule has 0 saturated carbocycles. The summed E-state index contributed by atoms with van der Waals surface area (Å²) >= 11 is 0. The van der Waals surface area contributed by atoms with E-state index in [1.807, 2.05) is 0 Å². The van der Waals surface area contributed by atoms with Gasteiger partial charge >= 0.3 is 5.97 Å². The maximum Gasteiger partial charge on any atom is 0.315 e. The Kier molecular flexibility index (Phi) is 3.27. The maximum absolute atomic E-state index is 11.5. The molecule has 1 aliphatic rings. The largest absolute Gasteiger partial charge is 0.481 e. The van der Waals surface area contributed by atoms with E-state index in [0.29, 0.717) is 6.42 Å². The monoisotopic (exact) mass is 249 g/mol. The quantitative estimate of drug-likeness (QED) is 0.650. The fraction of sp³-hybridized carbons (Fsp3) is 0.778. The molecule has 0 bridgehead atoms. The molecule has 1 amide bonds. The van der Waals surface area contributed by atoms with Crippen molar-refractivity contribution in [2.45, 2.75) is 25.8 Å². The number of carbonyl (C=O) groups is 2. The van der Waals surface area contributed by atoms with Crippen LogP contribution in [0.2, 0.25) is 0 Å². The molecule has 6 nitrogen and oxygen atoms in total. The Morgan fingerprint density at radius 2 is 2.00 bits per heavy atom. The van der Waals surface area contributed by atoms with Crippen molar-refractivity contribution >= 4 is 21.7 Å². The first-order valence-corrected chi connectivity index (χ1v) is 6.73.